The number of nitrogens with two attached hydrogens (primary N) is 1. The second kappa shape index (κ2) is 10.4. The first-order valence-corrected chi connectivity index (χ1v) is 12.1. The Hall–Kier alpha value is -1.42. The van der Waals surface area contributed by atoms with Gasteiger partial charge in [-0.05, 0) is 27.7 Å². The van der Waals surface area contributed by atoms with Crippen molar-refractivity contribution in [1.29, 1.82) is 0 Å². The number of nitrogens with one attached hydrogen (secondary N) is 1. The van der Waals surface area contributed by atoms with Gasteiger partial charge in [0.05, 0.1) is 19.6 Å². The lowest BCUT2D eigenvalue weighted by atomic mass is 9.98. The molecule has 0 spiro atoms. The molecule has 13 heteroatoms. The highest BCUT2D eigenvalue weighted by atomic mass is 16.9. The van der Waals surface area contributed by atoms with Gasteiger partial charge >= 0.3 is 5.97 Å². The summed E-state index contributed by atoms with van der Waals surface area (Å²) < 4.78 is 51.4. The van der Waals surface area contributed by atoms with Crippen LogP contribution in [-0.4, -0.2) is 106 Å². The van der Waals surface area contributed by atoms with Crippen LogP contribution in [0.1, 0.15) is 40.5 Å². The van der Waals surface area contributed by atoms with E-state index in [1.165, 1.54) is 21.3 Å². The van der Waals surface area contributed by atoms with Crippen LogP contribution < -0.4 is 11.1 Å². The fourth-order valence-corrected chi connectivity index (χ4v) is 5.32. The van der Waals surface area contributed by atoms with Gasteiger partial charge in [-0.3, -0.25) is 9.59 Å². The van der Waals surface area contributed by atoms with E-state index in [2.05, 4.69) is 5.32 Å². The summed E-state index contributed by atoms with van der Waals surface area (Å²) in [5.74, 6) is -2.58. The molecule has 36 heavy (non-hydrogen) atoms. The first-order chi connectivity index (χ1) is 16.9. The summed E-state index contributed by atoms with van der Waals surface area (Å²) in [7, 11) is 4.31. The van der Waals surface area contributed by atoms with Crippen molar-refractivity contribution in [3.8, 4) is 0 Å². The number of ether oxygens (including phenoxy) is 9. The molecule has 10 atom stereocenters. The Bertz CT molecular complexity index is 824. The van der Waals surface area contributed by atoms with E-state index in [9.17, 15) is 9.59 Å². The summed E-state index contributed by atoms with van der Waals surface area (Å²) in [6, 6.07) is -1.51. The van der Waals surface area contributed by atoms with Crippen molar-refractivity contribution in [2.45, 2.75) is 113 Å². The lowest BCUT2D eigenvalue weighted by Gasteiger charge is -2.31. The molecule has 4 saturated heterocycles. The maximum Gasteiger partial charge on any atom is 0.307 e. The highest BCUT2D eigenvalue weighted by Gasteiger charge is 2.58. The SMILES string of the molecule is COC(=O)CC(NC(=O)CC(N)[C@H]1O[C@@H]2OC(C)(C)O[C@@H]2[C@H]1OC)[C@H]1O[C@@H]2OC(C)(C)O[C@@H]2[C@H]1OC. The van der Waals surface area contributed by atoms with Crippen molar-refractivity contribution in [3.63, 3.8) is 0 Å². The number of esters is 1. The number of amides is 1. The minimum atomic E-state index is -0.842. The maximum absolute atomic E-state index is 13.1. The Morgan fingerprint density at radius 1 is 0.833 bits per heavy atom. The van der Waals surface area contributed by atoms with Crippen molar-refractivity contribution >= 4 is 11.9 Å². The van der Waals surface area contributed by atoms with Crippen LogP contribution in [0.3, 0.4) is 0 Å². The van der Waals surface area contributed by atoms with Crippen molar-refractivity contribution in [2.75, 3.05) is 21.3 Å². The van der Waals surface area contributed by atoms with Crippen LogP contribution in [0, 0.1) is 0 Å². The predicted octanol–water partition coefficient (Wildman–Crippen LogP) is -0.465. The summed E-state index contributed by atoms with van der Waals surface area (Å²) in [6.07, 6.45) is -5.05. The van der Waals surface area contributed by atoms with Crippen LogP contribution in [0.5, 0.6) is 0 Å². The van der Waals surface area contributed by atoms with Gasteiger partial charge < -0.3 is 53.7 Å². The molecule has 206 valence electrons. The van der Waals surface area contributed by atoms with E-state index in [0.29, 0.717) is 0 Å². The van der Waals surface area contributed by atoms with Gasteiger partial charge in [-0.25, -0.2) is 0 Å². The van der Waals surface area contributed by atoms with Crippen LogP contribution >= 0.6 is 0 Å². The number of carbonyl (C=O) groups excluding carboxylic acids is 2. The molecule has 2 unspecified atom stereocenters. The summed E-state index contributed by atoms with van der Waals surface area (Å²) >= 11 is 0. The Kier molecular flexibility index (Phi) is 7.97. The number of rotatable bonds is 9. The van der Waals surface area contributed by atoms with E-state index in [4.69, 9.17) is 48.4 Å². The topological polar surface area (TPSA) is 155 Å². The van der Waals surface area contributed by atoms with E-state index >= 15 is 0 Å². The summed E-state index contributed by atoms with van der Waals surface area (Å²) in [5.41, 5.74) is 6.37. The first-order valence-electron chi connectivity index (χ1n) is 12.1. The van der Waals surface area contributed by atoms with Gasteiger partial charge in [-0.1, -0.05) is 0 Å². The molecule has 0 radical (unpaired) electrons. The number of hydrogen-bond donors (Lipinski definition) is 2. The van der Waals surface area contributed by atoms with Crippen molar-refractivity contribution in [3.05, 3.63) is 0 Å². The molecular formula is C23H38N2O11. The van der Waals surface area contributed by atoms with Crippen LogP contribution in [0.4, 0.5) is 0 Å². The highest BCUT2D eigenvalue weighted by Crippen LogP contribution is 2.41. The average molecular weight is 519 g/mol. The molecule has 0 aromatic rings. The van der Waals surface area contributed by atoms with E-state index in [-0.39, 0.29) is 12.8 Å². The van der Waals surface area contributed by atoms with Gasteiger partial charge in [0.1, 0.15) is 36.6 Å². The fraction of sp³-hybridized carbons (Fsp3) is 0.913. The van der Waals surface area contributed by atoms with E-state index in [0.717, 1.165) is 0 Å². The van der Waals surface area contributed by atoms with Crippen LogP contribution in [-0.2, 0) is 52.2 Å². The predicted molar refractivity (Wildman–Crippen MR) is 120 cm³/mol. The van der Waals surface area contributed by atoms with Crippen molar-refractivity contribution in [1.82, 2.24) is 5.32 Å². The maximum atomic E-state index is 13.1. The average Bonchev–Trinajstić information content (AvgIpc) is 3.46. The lowest BCUT2D eigenvalue weighted by molar-refractivity contribution is -0.220. The van der Waals surface area contributed by atoms with Gasteiger partial charge in [0, 0.05) is 26.7 Å². The number of carbonyl (C=O) groups is 2. The van der Waals surface area contributed by atoms with Gasteiger partial charge in [0.2, 0.25) is 5.91 Å². The molecule has 4 aliphatic heterocycles. The third kappa shape index (κ3) is 5.54. The smallest absolute Gasteiger partial charge is 0.307 e. The molecular weight excluding hydrogens is 480 g/mol. The third-order valence-corrected chi connectivity index (χ3v) is 6.80. The Balaban J connectivity index is 1.41. The van der Waals surface area contributed by atoms with E-state index < -0.39 is 84.7 Å². The van der Waals surface area contributed by atoms with Crippen molar-refractivity contribution in [2.24, 2.45) is 5.73 Å². The quantitative estimate of drug-likeness (QED) is 0.379. The standard InChI is InChI=1S/C23H38N2O11/c1-22(2)33-18-16(29-6)14(31-20(18)35-22)10(24)8-12(26)25-11(9-13(27)28-5)15-17(30-7)19-21(32-15)36-23(3,4)34-19/h10-11,14-21H,8-9,24H2,1-7H3,(H,25,26)/t10?,11?,14-,15-,16+,17+,18-,19-,20-,21-/m1/s1. The normalized spacial score (nSPS) is 39.9. The minimum Gasteiger partial charge on any atom is -0.469 e. The molecule has 1 amide bonds. The summed E-state index contributed by atoms with van der Waals surface area (Å²) in [5, 5.41) is 2.85. The Morgan fingerprint density at radius 3 is 1.83 bits per heavy atom. The van der Waals surface area contributed by atoms with Crippen molar-refractivity contribution < 1.29 is 52.2 Å². The lowest BCUT2D eigenvalue weighted by Crippen LogP contribution is -2.53. The number of fused-ring (bicyclic) bond motifs is 2. The zero-order valence-electron chi connectivity index (χ0n) is 21.8. The van der Waals surface area contributed by atoms with Crippen LogP contribution in [0.25, 0.3) is 0 Å². The zero-order chi connectivity index (χ0) is 26.4. The molecule has 0 saturated carbocycles. The molecule has 13 nitrogen and oxygen atoms in total. The summed E-state index contributed by atoms with van der Waals surface area (Å²) in [6.45, 7) is 7.12. The molecule has 4 fully saturated rings. The zero-order valence-corrected chi connectivity index (χ0v) is 21.8. The summed E-state index contributed by atoms with van der Waals surface area (Å²) in [4.78, 5) is 25.2. The van der Waals surface area contributed by atoms with E-state index in [1.807, 2.05) is 0 Å². The molecule has 4 rings (SSSR count). The molecule has 0 aromatic heterocycles. The highest BCUT2D eigenvalue weighted by molar-refractivity contribution is 5.78. The first kappa shape index (κ1) is 27.6. The van der Waals surface area contributed by atoms with E-state index in [1.54, 1.807) is 27.7 Å². The van der Waals surface area contributed by atoms with Gasteiger partial charge in [-0.15, -0.1) is 0 Å². The fourth-order valence-electron chi connectivity index (χ4n) is 5.32. The molecule has 3 N–H and O–H groups in total. The Morgan fingerprint density at radius 2 is 1.33 bits per heavy atom. The molecule has 0 aromatic carbocycles. The third-order valence-electron chi connectivity index (χ3n) is 6.80. The molecule has 0 aliphatic carbocycles. The van der Waals surface area contributed by atoms with Gasteiger partial charge in [-0.2, -0.15) is 0 Å². The number of hydrogen-bond acceptors (Lipinski definition) is 12. The van der Waals surface area contributed by atoms with Gasteiger partial charge in [0.25, 0.3) is 0 Å². The van der Waals surface area contributed by atoms with Gasteiger partial charge in [0.15, 0.2) is 24.2 Å². The molecule has 4 aliphatic rings. The minimum absolute atomic E-state index is 0.109. The molecule has 4 heterocycles. The Labute approximate surface area is 210 Å². The second-order valence-electron chi connectivity index (χ2n) is 10.4. The second-order valence-corrected chi connectivity index (χ2v) is 10.4. The molecule has 0 bridgehead atoms. The van der Waals surface area contributed by atoms with Crippen LogP contribution in [0.2, 0.25) is 0 Å². The number of methoxy groups -OCH3 is 3. The monoisotopic (exact) mass is 518 g/mol. The largest absolute Gasteiger partial charge is 0.469 e. The van der Waals surface area contributed by atoms with Crippen LogP contribution in [0.15, 0.2) is 0 Å².